The van der Waals surface area contributed by atoms with E-state index in [1.807, 2.05) is 0 Å². The van der Waals surface area contributed by atoms with E-state index in [1.165, 1.54) is 0 Å². The number of carbonyl (C=O) groups is 1. The molecule has 2 aliphatic carbocycles. The van der Waals surface area contributed by atoms with Gasteiger partial charge in [-0.25, -0.2) is 0 Å². The fourth-order valence-electron chi connectivity index (χ4n) is 3.03. The molecule has 0 aromatic rings. The quantitative estimate of drug-likeness (QED) is 0.308. The van der Waals surface area contributed by atoms with Crippen molar-refractivity contribution < 1.29 is 10.0 Å². The molecule has 0 aromatic carbocycles. The van der Waals surface area contributed by atoms with Crippen LogP contribution in [-0.4, -0.2) is 23.0 Å². The van der Waals surface area contributed by atoms with Crippen molar-refractivity contribution in [3.63, 3.8) is 0 Å². The summed E-state index contributed by atoms with van der Waals surface area (Å²) in [5.74, 6) is 0.647. The SMILES string of the molecule is CCC1CC1NC(=O)C1(C(N)=NO)CCCCC1. The monoisotopic (exact) mass is 253 g/mol. The Bertz CT molecular complexity index is 348. The van der Waals surface area contributed by atoms with Gasteiger partial charge in [0.25, 0.3) is 0 Å². The van der Waals surface area contributed by atoms with Crippen LogP contribution in [-0.2, 0) is 4.79 Å². The first-order chi connectivity index (χ1) is 8.64. The van der Waals surface area contributed by atoms with Gasteiger partial charge in [0.2, 0.25) is 5.91 Å². The van der Waals surface area contributed by atoms with Crippen LogP contribution in [0.5, 0.6) is 0 Å². The summed E-state index contributed by atoms with van der Waals surface area (Å²) in [4.78, 5) is 12.4. The van der Waals surface area contributed by atoms with Crippen LogP contribution < -0.4 is 11.1 Å². The molecule has 0 spiro atoms. The summed E-state index contributed by atoms with van der Waals surface area (Å²) in [5, 5.41) is 15.1. The molecule has 2 atom stereocenters. The summed E-state index contributed by atoms with van der Waals surface area (Å²) in [7, 11) is 0. The Morgan fingerprint density at radius 1 is 1.44 bits per heavy atom. The average molecular weight is 253 g/mol. The Hall–Kier alpha value is -1.26. The highest BCUT2D eigenvalue weighted by atomic mass is 16.4. The van der Waals surface area contributed by atoms with Crippen LogP contribution in [0.25, 0.3) is 0 Å². The number of hydrogen-bond donors (Lipinski definition) is 3. The number of amidine groups is 1. The summed E-state index contributed by atoms with van der Waals surface area (Å²) >= 11 is 0. The van der Waals surface area contributed by atoms with Crippen molar-refractivity contribution in [2.45, 2.75) is 57.9 Å². The molecule has 0 bridgehead atoms. The lowest BCUT2D eigenvalue weighted by molar-refractivity contribution is -0.129. The van der Waals surface area contributed by atoms with E-state index in [4.69, 9.17) is 10.9 Å². The van der Waals surface area contributed by atoms with Gasteiger partial charge in [-0.1, -0.05) is 37.8 Å². The Balaban J connectivity index is 2.06. The third-order valence-corrected chi connectivity index (χ3v) is 4.50. The Morgan fingerprint density at radius 3 is 2.61 bits per heavy atom. The molecule has 5 heteroatoms. The zero-order valence-electron chi connectivity index (χ0n) is 11.0. The van der Waals surface area contributed by atoms with Crippen LogP contribution in [0.3, 0.4) is 0 Å². The third-order valence-electron chi connectivity index (χ3n) is 4.50. The summed E-state index contributed by atoms with van der Waals surface area (Å²) in [5.41, 5.74) is 5.02. The predicted octanol–water partition coefficient (Wildman–Crippen LogP) is 1.60. The molecule has 0 heterocycles. The minimum atomic E-state index is -0.770. The zero-order valence-corrected chi connectivity index (χ0v) is 11.0. The summed E-state index contributed by atoms with van der Waals surface area (Å²) in [6, 6.07) is 0.299. The first-order valence-electron chi connectivity index (χ1n) is 6.93. The molecule has 0 saturated heterocycles. The first kappa shape index (κ1) is 13.2. The van der Waals surface area contributed by atoms with Gasteiger partial charge in [0.15, 0.2) is 5.84 Å². The minimum absolute atomic E-state index is 0.0431. The minimum Gasteiger partial charge on any atom is -0.409 e. The van der Waals surface area contributed by atoms with Gasteiger partial charge < -0.3 is 16.3 Å². The van der Waals surface area contributed by atoms with E-state index >= 15 is 0 Å². The van der Waals surface area contributed by atoms with Crippen LogP contribution in [0.2, 0.25) is 0 Å². The highest BCUT2D eigenvalue weighted by Gasteiger charge is 2.47. The van der Waals surface area contributed by atoms with E-state index in [2.05, 4.69) is 17.4 Å². The molecule has 2 aliphatic rings. The van der Waals surface area contributed by atoms with Crippen molar-refractivity contribution in [3.05, 3.63) is 0 Å². The van der Waals surface area contributed by atoms with Gasteiger partial charge in [-0.15, -0.1) is 0 Å². The maximum absolute atomic E-state index is 12.4. The Morgan fingerprint density at radius 2 is 2.11 bits per heavy atom. The molecule has 0 aliphatic heterocycles. The molecule has 5 nitrogen and oxygen atoms in total. The second-order valence-electron chi connectivity index (χ2n) is 5.61. The predicted molar refractivity (Wildman–Crippen MR) is 69.3 cm³/mol. The number of hydrogen-bond acceptors (Lipinski definition) is 3. The van der Waals surface area contributed by atoms with Crippen molar-refractivity contribution in [1.82, 2.24) is 5.32 Å². The molecule has 102 valence electrons. The van der Waals surface area contributed by atoms with Gasteiger partial charge in [-0.3, -0.25) is 4.79 Å². The lowest BCUT2D eigenvalue weighted by Gasteiger charge is -2.34. The second-order valence-corrected chi connectivity index (χ2v) is 5.61. The number of rotatable bonds is 4. The molecule has 2 rings (SSSR count). The average Bonchev–Trinajstić information content (AvgIpc) is 3.16. The van der Waals surface area contributed by atoms with Crippen molar-refractivity contribution in [3.8, 4) is 0 Å². The maximum atomic E-state index is 12.4. The Kier molecular flexibility index (Phi) is 3.78. The van der Waals surface area contributed by atoms with Crippen LogP contribution in [0.1, 0.15) is 51.9 Å². The molecular weight excluding hydrogens is 230 g/mol. The van der Waals surface area contributed by atoms with Gasteiger partial charge in [0, 0.05) is 6.04 Å². The molecular formula is C13H23N3O2. The lowest BCUT2D eigenvalue weighted by atomic mass is 9.72. The number of nitrogens with two attached hydrogens (primary N) is 1. The number of carbonyl (C=O) groups excluding carboxylic acids is 1. The van der Waals surface area contributed by atoms with Crippen LogP contribution >= 0.6 is 0 Å². The lowest BCUT2D eigenvalue weighted by Crippen LogP contribution is -2.51. The number of oxime groups is 1. The van der Waals surface area contributed by atoms with Crippen molar-refractivity contribution in [2.75, 3.05) is 0 Å². The summed E-state index contributed by atoms with van der Waals surface area (Å²) < 4.78 is 0. The molecule has 0 aromatic heterocycles. The van der Waals surface area contributed by atoms with E-state index in [-0.39, 0.29) is 11.7 Å². The number of amides is 1. The molecule has 1 amide bonds. The van der Waals surface area contributed by atoms with E-state index in [9.17, 15) is 4.79 Å². The van der Waals surface area contributed by atoms with Crippen LogP contribution in [0.15, 0.2) is 5.16 Å². The van der Waals surface area contributed by atoms with Crippen molar-refractivity contribution in [2.24, 2.45) is 22.2 Å². The van der Waals surface area contributed by atoms with Crippen LogP contribution in [0, 0.1) is 11.3 Å². The fourth-order valence-corrected chi connectivity index (χ4v) is 3.03. The topological polar surface area (TPSA) is 87.7 Å². The van der Waals surface area contributed by atoms with Crippen LogP contribution in [0.4, 0.5) is 0 Å². The molecule has 2 unspecified atom stereocenters. The molecule has 4 N–H and O–H groups in total. The van der Waals surface area contributed by atoms with E-state index in [0.29, 0.717) is 24.8 Å². The summed E-state index contributed by atoms with van der Waals surface area (Å²) in [6.45, 7) is 2.14. The standard InChI is InChI=1S/C13H23N3O2/c1-2-9-8-10(9)15-12(17)13(11(14)16-18)6-4-3-5-7-13/h9-10,18H,2-8H2,1H3,(H2,14,16)(H,15,17). The normalized spacial score (nSPS) is 30.8. The third kappa shape index (κ3) is 2.31. The van der Waals surface area contributed by atoms with Gasteiger partial charge in [-0.2, -0.15) is 0 Å². The van der Waals surface area contributed by atoms with E-state index < -0.39 is 5.41 Å². The highest BCUT2D eigenvalue weighted by Crippen LogP contribution is 2.39. The molecule has 2 fully saturated rings. The van der Waals surface area contributed by atoms with Gasteiger partial charge in [-0.05, 0) is 25.2 Å². The largest absolute Gasteiger partial charge is 0.409 e. The van der Waals surface area contributed by atoms with Gasteiger partial charge in [0.1, 0.15) is 5.41 Å². The van der Waals surface area contributed by atoms with E-state index in [1.54, 1.807) is 0 Å². The Labute approximate surface area is 108 Å². The van der Waals surface area contributed by atoms with Crippen molar-refractivity contribution >= 4 is 11.7 Å². The maximum Gasteiger partial charge on any atom is 0.234 e. The van der Waals surface area contributed by atoms with Gasteiger partial charge in [0.05, 0.1) is 0 Å². The zero-order chi connectivity index (χ0) is 13.2. The van der Waals surface area contributed by atoms with Crippen molar-refractivity contribution in [1.29, 1.82) is 0 Å². The van der Waals surface area contributed by atoms with Gasteiger partial charge >= 0.3 is 0 Å². The first-order valence-corrected chi connectivity index (χ1v) is 6.93. The van der Waals surface area contributed by atoms with E-state index in [0.717, 1.165) is 32.1 Å². The fraction of sp³-hybridized carbons (Fsp3) is 0.846. The second kappa shape index (κ2) is 5.16. The molecule has 2 saturated carbocycles. The number of nitrogens with one attached hydrogen (secondary N) is 1. The molecule has 0 radical (unpaired) electrons. The smallest absolute Gasteiger partial charge is 0.234 e. The molecule has 18 heavy (non-hydrogen) atoms. The number of nitrogens with zero attached hydrogens (tertiary/aromatic N) is 1. The highest BCUT2D eigenvalue weighted by molar-refractivity contribution is 6.07. The summed E-state index contributed by atoms with van der Waals surface area (Å²) in [6.07, 6.45) is 6.60.